The third kappa shape index (κ3) is 7.36. The van der Waals surface area contributed by atoms with Gasteiger partial charge < -0.3 is 10.6 Å². The first-order valence-corrected chi connectivity index (χ1v) is 17.0. The summed E-state index contributed by atoms with van der Waals surface area (Å²) >= 11 is 0. The molecule has 0 spiro atoms. The Morgan fingerprint density at radius 1 is 0.818 bits per heavy atom. The Bertz CT molecular complexity index is 1430. The van der Waals surface area contributed by atoms with Crippen LogP contribution in [-0.2, 0) is 19.5 Å². The van der Waals surface area contributed by atoms with E-state index in [1.165, 1.54) is 53.1 Å². The fraction of sp³-hybridized carbons (Fsp3) is 0.429. The number of nitrogens with one attached hydrogen (secondary N) is 2. The van der Waals surface area contributed by atoms with E-state index in [9.17, 15) is 0 Å². The van der Waals surface area contributed by atoms with Crippen LogP contribution in [-0.4, -0.2) is 13.1 Å². The summed E-state index contributed by atoms with van der Waals surface area (Å²) in [6.07, 6.45) is 8.82. The minimum atomic E-state index is 0.392. The van der Waals surface area contributed by atoms with E-state index in [-0.39, 0.29) is 0 Å². The summed E-state index contributed by atoms with van der Waals surface area (Å²) in [5, 5.41) is 9.72. The third-order valence-electron chi connectivity index (χ3n) is 11.2. The van der Waals surface area contributed by atoms with E-state index in [0.717, 1.165) is 38.5 Å². The zero-order valence-electron chi connectivity index (χ0n) is 27.6. The minimum Gasteiger partial charge on any atom is -0.311 e. The molecule has 5 atom stereocenters. The molecular weight excluding hydrogens is 532 g/mol. The van der Waals surface area contributed by atoms with Crippen molar-refractivity contribution in [3.8, 4) is 0 Å². The van der Waals surface area contributed by atoms with Gasteiger partial charge in [-0.25, -0.2) is 0 Å². The van der Waals surface area contributed by atoms with Crippen LogP contribution >= 0.6 is 0 Å². The lowest BCUT2D eigenvalue weighted by Crippen LogP contribution is -2.51. The van der Waals surface area contributed by atoms with Crippen molar-refractivity contribution in [3.05, 3.63) is 132 Å². The van der Waals surface area contributed by atoms with Crippen molar-refractivity contribution in [1.29, 1.82) is 0 Å². The van der Waals surface area contributed by atoms with Crippen molar-refractivity contribution < 1.29 is 0 Å². The van der Waals surface area contributed by atoms with E-state index in [2.05, 4.69) is 136 Å². The monoisotopic (exact) mass is 586 g/mol. The van der Waals surface area contributed by atoms with E-state index in [4.69, 9.17) is 0 Å². The van der Waals surface area contributed by atoms with E-state index in [1.807, 2.05) is 12.1 Å². The van der Waals surface area contributed by atoms with Crippen LogP contribution in [0.4, 0.5) is 0 Å². The van der Waals surface area contributed by atoms with Crippen LogP contribution in [0.3, 0.4) is 0 Å². The Kier molecular flexibility index (Phi) is 10.8. The Hall–Kier alpha value is -3.20. The van der Waals surface area contributed by atoms with Crippen LogP contribution in [0, 0.1) is 22.7 Å². The second-order valence-electron chi connectivity index (χ2n) is 14.0. The standard InChI is InChI=1S/C26H34.C16H20N2/c1-6-19-11-12-20-9-8-10-23(24(20)15-19)18(3)26(5)17-25(4)14-13-22(26)16-21(25)7-2;1-3-7-15(8-4-1)13-17-11-12-18-14-16-9-5-2-6-10-16/h7-12,15,18,21-22H,2,6,13-14,16-17H2,1,3-5H3;1-10,17-18H,11-14H2/t18-,21+,22?,25-,26+;/m0./s1. The van der Waals surface area contributed by atoms with Crippen molar-refractivity contribution in [2.24, 2.45) is 22.7 Å². The molecule has 0 aromatic heterocycles. The van der Waals surface area contributed by atoms with Crippen molar-refractivity contribution in [1.82, 2.24) is 10.6 Å². The predicted molar refractivity (Wildman–Crippen MR) is 190 cm³/mol. The molecule has 0 amide bonds. The van der Waals surface area contributed by atoms with E-state index in [0.29, 0.717) is 22.7 Å². The highest BCUT2D eigenvalue weighted by Crippen LogP contribution is 2.65. The fourth-order valence-corrected chi connectivity index (χ4v) is 8.25. The highest BCUT2D eigenvalue weighted by Gasteiger charge is 2.55. The lowest BCUT2D eigenvalue weighted by Gasteiger charge is -2.61. The number of fused-ring (bicyclic) bond motifs is 4. The topological polar surface area (TPSA) is 24.1 Å². The number of aryl methyl sites for hydroxylation is 1. The summed E-state index contributed by atoms with van der Waals surface area (Å²) in [4.78, 5) is 0. The van der Waals surface area contributed by atoms with Crippen LogP contribution < -0.4 is 10.6 Å². The van der Waals surface area contributed by atoms with Crippen molar-refractivity contribution in [3.63, 3.8) is 0 Å². The molecule has 0 heterocycles. The molecule has 2 nitrogen and oxygen atoms in total. The number of hydrogen-bond acceptors (Lipinski definition) is 2. The Morgan fingerprint density at radius 2 is 1.45 bits per heavy atom. The van der Waals surface area contributed by atoms with Gasteiger partial charge in [-0.1, -0.05) is 131 Å². The molecule has 2 N–H and O–H groups in total. The minimum absolute atomic E-state index is 0.392. The van der Waals surface area contributed by atoms with Crippen LogP contribution in [0.5, 0.6) is 0 Å². The van der Waals surface area contributed by atoms with Gasteiger partial charge in [-0.3, -0.25) is 0 Å². The Balaban J connectivity index is 0.000000187. The highest BCUT2D eigenvalue weighted by molar-refractivity contribution is 5.87. The van der Waals surface area contributed by atoms with Crippen LogP contribution in [0.15, 0.2) is 110 Å². The summed E-state index contributed by atoms with van der Waals surface area (Å²) < 4.78 is 0. The summed E-state index contributed by atoms with van der Waals surface area (Å²) in [5.41, 5.74) is 6.51. The van der Waals surface area contributed by atoms with Crippen molar-refractivity contribution in [2.75, 3.05) is 13.1 Å². The number of rotatable bonds is 11. The first kappa shape index (κ1) is 32.2. The molecule has 3 aliphatic carbocycles. The summed E-state index contributed by atoms with van der Waals surface area (Å²) in [7, 11) is 0. The van der Waals surface area contributed by atoms with E-state index in [1.54, 1.807) is 5.56 Å². The first-order valence-electron chi connectivity index (χ1n) is 17.0. The van der Waals surface area contributed by atoms with Gasteiger partial charge in [0, 0.05) is 26.2 Å². The largest absolute Gasteiger partial charge is 0.311 e. The van der Waals surface area contributed by atoms with Gasteiger partial charge in [-0.05, 0) is 93.7 Å². The smallest absolute Gasteiger partial charge is 0.0206 e. The molecule has 0 aliphatic heterocycles. The molecular formula is C42H54N2. The lowest BCUT2D eigenvalue weighted by atomic mass is 9.44. The Morgan fingerprint density at radius 3 is 2.02 bits per heavy atom. The molecule has 3 saturated carbocycles. The SMILES string of the molecule is C=C[C@@H]1CC2CC[C@@]1(C)C[C@]2(C)[C@@H](C)c1cccc2ccc(CC)cc12.c1ccc(CNCCNCc2ccccc2)cc1. The van der Waals surface area contributed by atoms with Crippen molar-refractivity contribution >= 4 is 10.8 Å². The maximum Gasteiger partial charge on any atom is 0.0206 e. The second-order valence-corrected chi connectivity index (χ2v) is 14.0. The molecule has 44 heavy (non-hydrogen) atoms. The highest BCUT2D eigenvalue weighted by atomic mass is 14.9. The molecule has 2 bridgehead atoms. The maximum absolute atomic E-state index is 4.16. The normalized spacial score (nSPS) is 24.8. The van der Waals surface area contributed by atoms with E-state index < -0.39 is 0 Å². The van der Waals surface area contributed by atoms with Crippen molar-refractivity contribution in [2.45, 2.75) is 78.8 Å². The molecule has 7 rings (SSSR count). The Labute approximate surface area is 267 Å². The predicted octanol–water partition coefficient (Wildman–Crippen LogP) is 10.1. The van der Waals surface area contributed by atoms with Gasteiger partial charge in [0.2, 0.25) is 0 Å². The summed E-state index contributed by atoms with van der Waals surface area (Å²) in [5.74, 6) is 2.13. The maximum atomic E-state index is 4.16. The molecule has 3 fully saturated rings. The van der Waals surface area contributed by atoms with Gasteiger partial charge in [-0.2, -0.15) is 0 Å². The van der Waals surface area contributed by atoms with Gasteiger partial charge in [0.05, 0.1) is 0 Å². The molecule has 4 aromatic rings. The quantitative estimate of drug-likeness (QED) is 0.135. The molecule has 0 saturated heterocycles. The first-order chi connectivity index (χ1) is 21.4. The van der Waals surface area contributed by atoms with Gasteiger partial charge in [0.25, 0.3) is 0 Å². The van der Waals surface area contributed by atoms with Gasteiger partial charge >= 0.3 is 0 Å². The molecule has 3 aliphatic rings. The molecule has 4 aromatic carbocycles. The molecule has 2 heteroatoms. The third-order valence-corrected chi connectivity index (χ3v) is 11.2. The molecule has 232 valence electrons. The molecule has 1 unspecified atom stereocenters. The summed E-state index contributed by atoms with van der Waals surface area (Å²) in [6.45, 7) is 17.9. The van der Waals surface area contributed by atoms with Crippen LogP contribution in [0.25, 0.3) is 10.8 Å². The number of allylic oxidation sites excluding steroid dienone is 1. The molecule has 0 radical (unpaired) electrons. The fourth-order valence-electron chi connectivity index (χ4n) is 8.25. The zero-order chi connectivity index (χ0) is 31.0. The number of hydrogen-bond donors (Lipinski definition) is 2. The summed E-state index contributed by atoms with van der Waals surface area (Å²) in [6, 6.07) is 34.9. The van der Waals surface area contributed by atoms with Gasteiger partial charge in [0.15, 0.2) is 0 Å². The van der Waals surface area contributed by atoms with Crippen LogP contribution in [0.2, 0.25) is 0 Å². The second kappa shape index (κ2) is 14.7. The van der Waals surface area contributed by atoms with Crippen LogP contribution in [0.1, 0.15) is 81.5 Å². The zero-order valence-corrected chi connectivity index (χ0v) is 27.6. The average molecular weight is 587 g/mol. The van der Waals surface area contributed by atoms with Gasteiger partial charge in [0.1, 0.15) is 0 Å². The van der Waals surface area contributed by atoms with Gasteiger partial charge in [-0.15, -0.1) is 6.58 Å². The van der Waals surface area contributed by atoms with E-state index >= 15 is 0 Å². The lowest BCUT2D eigenvalue weighted by molar-refractivity contribution is -0.0815. The number of benzene rings is 4. The average Bonchev–Trinajstić information content (AvgIpc) is 3.06.